The number of phenolic OH excluding ortho intramolecular Hbond substituents is 1. The third kappa shape index (κ3) is 1.46. The van der Waals surface area contributed by atoms with E-state index in [0.717, 1.165) is 6.42 Å². The van der Waals surface area contributed by atoms with Crippen LogP contribution in [-0.2, 0) is 6.42 Å². The van der Waals surface area contributed by atoms with Crippen LogP contribution >= 0.6 is 0 Å². The number of rotatable bonds is 0. The fraction of sp³-hybridized carbons (Fsp3) is 0.333. The van der Waals surface area contributed by atoms with Gasteiger partial charge in [0.1, 0.15) is 5.75 Å². The number of benzene rings is 1. The summed E-state index contributed by atoms with van der Waals surface area (Å²) in [7, 11) is 0. The van der Waals surface area contributed by atoms with Gasteiger partial charge >= 0.3 is 0 Å². The molecule has 0 aliphatic heterocycles. The predicted octanol–water partition coefficient (Wildman–Crippen LogP) is 2.99. The summed E-state index contributed by atoms with van der Waals surface area (Å²) < 4.78 is 0. The van der Waals surface area contributed by atoms with Crippen molar-refractivity contribution in [2.45, 2.75) is 20.3 Å². The normalized spacial score (nSPS) is 20.8. The highest BCUT2D eigenvalue weighted by atomic mass is 16.3. The number of hydrogen-bond acceptors (Lipinski definition) is 1. The van der Waals surface area contributed by atoms with Crippen molar-refractivity contribution in [2.24, 2.45) is 5.92 Å². The highest BCUT2D eigenvalue weighted by Crippen LogP contribution is 2.30. The molecule has 0 heterocycles. The molecule has 0 bridgehead atoms. The van der Waals surface area contributed by atoms with Crippen LogP contribution < -0.4 is 0 Å². The zero-order valence-electron chi connectivity index (χ0n) is 8.04. The third-order valence-corrected chi connectivity index (χ3v) is 2.59. The van der Waals surface area contributed by atoms with Crippen LogP contribution in [0, 0.1) is 5.92 Å². The van der Waals surface area contributed by atoms with Crippen molar-refractivity contribution in [3.8, 4) is 5.75 Å². The molecule has 0 aromatic heterocycles. The lowest BCUT2D eigenvalue weighted by Gasteiger charge is -2.19. The van der Waals surface area contributed by atoms with Gasteiger partial charge in [0, 0.05) is 0 Å². The molecular formula is C12H14O. The zero-order chi connectivity index (χ0) is 9.42. The van der Waals surface area contributed by atoms with Crippen LogP contribution in [0.3, 0.4) is 0 Å². The molecule has 1 aromatic rings. The summed E-state index contributed by atoms with van der Waals surface area (Å²) in [5, 5.41) is 9.34. The predicted molar refractivity (Wildman–Crippen MR) is 54.6 cm³/mol. The van der Waals surface area contributed by atoms with Crippen molar-refractivity contribution in [1.29, 1.82) is 0 Å². The minimum atomic E-state index is 0.376. The van der Waals surface area contributed by atoms with Gasteiger partial charge in [-0.25, -0.2) is 0 Å². The summed E-state index contributed by atoms with van der Waals surface area (Å²) in [6.45, 7) is 4.34. The monoisotopic (exact) mass is 174 g/mol. The SMILES string of the molecule is CC1=CC(C)Cc2cc(O)ccc21. The maximum Gasteiger partial charge on any atom is 0.115 e. The van der Waals surface area contributed by atoms with E-state index in [2.05, 4.69) is 19.9 Å². The molecule has 0 fully saturated rings. The molecule has 0 saturated heterocycles. The Morgan fingerprint density at radius 1 is 1.38 bits per heavy atom. The molecule has 68 valence electrons. The van der Waals surface area contributed by atoms with Gasteiger partial charge in [0.2, 0.25) is 0 Å². The van der Waals surface area contributed by atoms with E-state index in [-0.39, 0.29) is 0 Å². The molecule has 1 heteroatoms. The fourth-order valence-electron chi connectivity index (χ4n) is 2.06. The number of hydrogen-bond donors (Lipinski definition) is 1. The lowest BCUT2D eigenvalue weighted by molar-refractivity contribution is 0.474. The third-order valence-electron chi connectivity index (χ3n) is 2.59. The molecule has 0 radical (unpaired) electrons. The van der Waals surface area contributed by atoms with E-state index >= 15 is 0 Å². The average molecular weight is 174 g/mol. The Labute approximate surface area is 78.7 Å². The van der Waals surface area contributed by atoms with Crippen molar-refractivity contribution in [1.82, 2.24) is 0 Å². The molecule has 1 N–H and O–H groups in total. The molecule has 1 nitrogen and oxygen atoms in total. The van der Waals surface area contributed by atoms with Gasteiger partial charge in [-0.2, -0.15) is 0 Å². The van der Waals surface area contributed by atoms with Crippen LogP contribution in [0.1, 0.15) is 25.0 Å². The minimum Gasteiger partial charge on any atom is -0.508 e. The molecule has 1 aromatic carbocycles. The van der Waals surface area contributed by atoms with Crippen LogP contribution in [0.15, 0.2) is 24.3 Å². The topological polar surface area (TPSA) is 20.2 Å². The Kier molecular flexibility index (Phi) is 1.87. The van der Waals surface area contributed by atoms with E-state index in [9.17, 15) is 5.11 Å². The number of fused-ring (bicyclic) bond motifs is 1. The van der Waals surface area contributed by atoms with Gasteiger partial charge in [-0.3, -0.25) is 0 Å². The van der Waals surface area contributed by atoms with Crippen molar-refractivity contribution < 1.29 is 5.11 Å². The Balaban J connectivity index is 2.54. The van der Waals surface area contributed by atoms with E-state index < -0.39 is 0 Å². The van der Waals surface area contributed by atoms with Crippen LogP contribution in [0.5, 0.6) is 5.75 Å². The fourth-order valence-corrected chi connectivity index (χ4v) is 2.06. The maximum absolute atomic E-state index is 9.34. The molecule has 1 aliphatic rings. The van der Waals surface area contributed by atoms with Crippen LogP contribution in [0.25, 0.3) is 5.57 Å². The average Bonchev–Trinajstić information content (AvgIpc) is 2.02. The highest BCUT2D eigenvalue weighted by molar-refractivity contribution is 5.69. The van der Waals surface area contributed by atoms with E-state index in [1.54, 1.807) is 6.07 Å². The summed E-state index contributed by atoms with van der Waals surface area (Å²) in [5.41, 5.74) is 3.89. The molecule has 2 rings (SSSR count). The van der Waals surface area contributed by atoms with Gasteiger partial charge in [0.05, 0.1) is 0 Å². The standard InChI is InChI=1S/C12H14O/c1-8-5-9(2)12-4-3-11(13)7-10(12)6-8/h3-5,7-8,13H,6H2,1-2H3. The maximum atomic E-state index is 9.34. The lowest BCUT2D eigenvalue weighted by Crippen LogP contribution is -2.05. The molecule has 0 saturated carbocycles. The first kappa shape index (κ1) is 8.36. The number of phenols is 1. The van der Waals surface area contributed by atoms with Crippen molar-refractivity contribution >= 4 is 5.57 Å². The van der Waals surface area contributed by atoms with Gasteiger partial charge in [-0.1, -0.05) is 19.1 Å². The van der Waals surface area contributed by atoms with E-state index in [4.69, 9.17) is 0 Å². The Morgan fingerprint density at radius 2 is 2.15 bits per heavy atom. The largest absolute Gasteiger partial charge is 0.508 e. The summed E-state index contributed by atoms with van der Waals surface area (Å²) >= 11 is 0. The Hall–Kier alpha value is -1.24. The summed E-state index contributed by atoms with van der Waals surface area (Å²) in [6, 6.07) is 5.64. The minimum absolute atomic E-state index is 0.376. The smallest absolute Gasteiger partial charge is 0.115 e. The van der Waals surface area contributed by atoms with Gasteiger partial charge in [0.15, 0.2) is 0 Å². The van der Waals surface area contributed by atoms with Crippen molar-refractivity contribution in [2.75, 3.05) is 0 Å². The van der Waals surface area contributed by atoms with Crippen LogP contribution in [0.2, 0.25) is 0 Å². The Bertz CT molecular complexity index is 363. The number of aromatic hydroxyl groups is 1. The van der Waals surface area contributed by atoms with Gasteiger partial charge in [-0.15, -0.1) is 0 Å². The zero-order valence-corrected chi connectivity index (χ0v) is 8.04. The first-order valence-electron chi connectivity index (χ1n) is 4.67. The second-order valence-electron chi connectivity index (χ2n) is 3.87. The number of allylic oxidation sites excluding steroid dienone is 2. The van der Waals surface area contributed by atoms with Crippen LogP contribution in [0.4, 0.5) is 0 Å². The van der Waals surface area contributed by atoms with E-state index in [1.165, 1.54) is 16.7 Å². The van der Waals surface area contributed by atoms with Gasteiger partial charge < -0.3 is 5.11 Å². The second-order valence-corrected chi connectivity index (χ2v) is 3.87. The molecule has 1 unspecified atom stereocenters. The molecule has 1 aliphatic carbocycles. The second kappa shape index (κ2) is 2.91. The van der Waals surface area contributed by atoms with E-state index in [0.29, 0.717) is 11.7 Å². The van der Waals surface area contributed by atoms with Crippen molar-refractivity contribution in [3.63, 3.8) is 0 Å². The summed E-state index contributed by atoms with van der Waals surface area (Å²) in [4.78, 5) is 0. The first-order valence-corrected chi connectivity index (χ1v) is 4.67. The van der Waals surface area contributed by atoms with Gasteiger partial charge in [0.25, 0.3) is 0 Å². The molecular weight excluding hydrogens is 160 g/mol. The first-order chi connectivity index (χ1) is 6.16. The van der Waals surface area contributed by atoms with Crippen LogP contribution in [-0.4, -0.2) is 5.11 Å². The van der Waals surface area contributed by atoms with Gasteiger partial charge in [-0.05, 0) is 48.1 Å². The van der Waals surface area contributed by atoms with Crippen molar-refractivity contribution in [3.05, 3.63) is 35.4 Å². The summed E-state index contributed by atoms with van der Waals surface area (Å²) in [6.07, 6.45) is 3.33. The molecule has 1 atom stereocenters. The Morgan fingerprint density at radius 3 is 2.92 bits per heavy atom. The summed E-state index contributed by atoms with van der Waals surface area (Å²) in [5.74, 6) is 0.968. The van der Waals surface area contributed by atoms with E-state index in [1.807, 2.05) is 12.1 Å². The lowest BCUT2D eigenvalue weighted by atomic mass is 9.86. The molecule has 0 spiro atoms. The quantitative estimate of drug-likeness (QED) is 0.641. The molecule has 13 heavy (non-hydrogen) atoms. The molecule has 0 amide bonds. The highest BCUT2D eigenvalue weighted by Gasteiger charge is 2.13.